The van der Waals surface area contributed by atoms with Crippen molar-refractivity contribution in [3.05, 3.63) is 61.6 Å². The Kier molecular flexibility index (Phi) is 4.64. The number of hydrogen-bond acceptors (Lipinski definition) is 5. The smallest absolute Gasteiger partial charge is 0.271 e. The van der Waals surface area contributed by atoms with E-state index in [0.717, 1.165) is 21.1 Å². The lowest BCUT2D eigenvalue weighted by Crippen LogP contribution is -2.28. The number of furan rings is 1. The van der Waals surface area contributed by atoms with Crippen molar-refractivity contribution in [2.45, 2.75) is 47.6 Å². The molecule has 1 aromatic carbocycles. The number of aromatic hydroxyl groups is 1. The Balaban J connectivity index is 2.34. The Morgan fingerprint density at radius 2 is 1.75 bits per heavy atom. The van der Waals surface area contributed by atoms with Crippen LogP contribution in [0.15, 0.2) is 21.3 Å². The molecule has 0 radical (unpaired) electrons. The predicted octanol–water partition coefficient (Wildman–Crippen LogP) is 4.22. The predicted molar refractivity (Wildman–Crippen MR) is 106 cm³/mol. The summed E-state index contributed by atoms with van der Waals surface area (Å²) in [4.78, 5) is 25.8. The van der Waals surface area contributed by atoms with Crippen LogP contribution in [-0.4, -0.2) is 15.5 Å². The molecule has 1 N–H and O–H groups in total. The van der Waals surface area contributed by atoms with E-state index in [1.807, 2.05) is 32.0 Å². The number of benzene rings is 1. The minimum atomic E-state index is -0.614. The molecule has 2 heterocycles. The van der Waals surface area contributed by atoms with E-state index in [1.165, 1.54) is 6.92 Å². The first kappa shape index (κ1) is 19.4. The number of aromatic nitrogens is 1. The second-order valence-corrected chi connectivity index (χ2v) is 7.40. The van der Waals surface area contributed by atoms with Crippen molar-refractivity contribution in [1.29, 1.82) is 5.26 Å². The molecule has 3 aromatic rings. The number of pyridine rings is 1. The summed E-state index contributed by atoms with van der Waals surface area (Å²) in [6, 6.07) is 5.27. The van der Waals surface area contributed by atoms with Crippen molar-refractivity contribution in [2.75, 3.05) is 0 Å². The fourth-order valence-corrected chi connectivity index (χ4v) is 3.48. The molecule has 3 rings (SSSR count). The van der Waals surface area contributed by atoms with Gasteiger partial charge < -0.3 is 9.52 Å². The van der Waals surface area contributed by atoms with E-state index >= 15 is 0 Å². The molecule has 0 saturated heterocycles. The number of nitrogens with zero attached hydrogens (tertiary/aromatic N) is 2. The largest absolute Gasteiger partial charge is 0.494 e. The first-order chi connectivity index (χ1) is 13.1. The lowest BCUT2D eigenvalue weighted by Gasteiger charge is -2.17. The molecule has 6 heteroatoms. The SMILES string of the molecule is Cc1cc2oc(C(=O)c3c(C)c(C#N)c(=O)n(C(C)C)c3O)c(C)c2cc1C. The zero-order valence-electron chi connectivity index (χ0n) is 16.8. The fraction of sp³-hybridized carbons (Fsp3) is 0.318. The van der Waals surface area contributed by atoms with Gasteiger partial charge in [-0.25, -0.2) is 0 Å². The molecule has 0 atom stereocenters. The number of rotatable bonds is 3. The molecule has 0 aliphatic heterocycles. The topological polar surface area (TPSA) is 96.2 Å². The lowest BCUT2D eigenvalue weighted by molar-refractivity contribution is 0.100. The maximum absolute atomic E-state index is 13.3. The summed E-state index contributed by atoms with van der Waals surface area (Å²) >= 11 is 0. The third-order valence-corrected chi connectivity index (χ3v) is 5.25. The highest BCUT2D eigenvalue weighted by atomic mass is 16.3. The third-order valence-electron chi connectivity index (χ3n) is 5.25. The highest BCUT2D eigenvalue weighted by Crippen LogP contribution is 2.33. The van der Waals surface area contributed by atoms with Crippen LogP contribution in [0.25, 0.3) is 11.0 Å². The molecule has 0 aliphatic rings. The summed E-state index contributed by atoms with van der Waals surface area (Å²) in [5, 5.41) is 21.0. The van der Waals surface area contributed by atoms with Crippen LogP contribution in [0.1, 0.15) is 63.8 Å². The van der Waals surface area contributed by atoms with Crippen molar-refractivity contribution in [2.24, 2.45) is 0 Å². The number of hydrogen-bond donors (Lipinski definition) is 1. The van der Waals surface area contributed by atoms with Crippen LogP contribution in [0.4, 0.5) is 0 Å². The number of fused-ring (bicyclic) bond motifs is 1. The Hall–Kier alpha value is -3.33. The van der Waals surface area contributed by atoms with E-state index in [0.29, 0.717) is 11.1 Å². The Morgan fingerprint density at radius 3 is 2.32 bits per heavy atom. The van der Waals surface area contributed by atoms with Gasteiger partial charge in [-0.3, -0.25) is 14.2 Å². The van der Waals surface area contributed by atoms with Crippen LogP contribution < -0.4 is 5.56 Å². The van der Waals surface area contributed by atoms with Crippen LogP contribution >= 0.6 is 0 Å². The number of nitriles is 1. The van der Waals surface area contributed by atoms with E-state index in [-0.39, 0.29) is 22.5 Å². The van der Waals surface area contributed by atoms with Gasteiger partial charge in [0, 0.05) is 17.0 Å². The third kappa shape index (κ3) is 2.71. The second kappa shape index (κ2) is 6.68. The Bertz CT molecular complexity index is 1240. The molecule has 0 spiro atoms. The Morgan fingerprint density at radius 1 is 1.14 bits per heavy atom. The lowest BCUT2D eigenvalue weighted by atomic mass is 9.97. The van der Waals surface area contributed by atoms with Gasteiger partial charge in [-0.1, -0.05) is 0 Å². The van der Waals surface area contributed by atoms with Crippen molar-refractivity contribution >= 4 is 16.8 Å². The van der Waals surface area contributed by atoms with Gasteiger partial charge in [0.25, 0.3) is 5.56 Å². The molecule has 6 nitrogen and oxygen atoms in total. The van der Waals surface area contributed by atoms with Gasteiger partial charge in [0.1, 0.15) is 17.2 Å². The molecule has 0 amide bonds. The summed E-state index contributed by atoms with van der Waals surface area (Å²) in [6.07, 6.45) is 0. The average Bonchev–Trinajstić information content (AvgIpc) is 2.91. The van der Waals surface area contributed by atoms with E-state index in [4.69, 9.17) is 4.42 Å². The van der Waals surface area contributed by atoms with Crippen LogP contribution in [0.2, 0.25) is 0 Å². The zero-order chi connectivity index (χ0) is 20.9. The van der Waals surface area contributed by atoms with Crippen molar-refractivity contribution < 1.29 is 14.3 Å². The van der Waals surface area contributed by atoms with E-state index < -0.39 is 23.3 Å². The van der Waals surface area contributed by atoms with Gasteiger partial charge in [-0.05, 0) is 70.4 Å². The van der Waals surface area contributed by atoms with Crippen LogP contribution in [0.3, 0.4) is 0 Å². The second-order valence-electron chi connectivity index (χ2n) is 7.40. The maximum Gasteiger partial charge on any atom is 0.271 e. The number of ketones is 1. The normalized spacial score (nSPS) is 11.2. The van der Waals surface area contributed by atoms with Crippen LogP contribution in [-0.2, 0) is 0 Å². The molecule has 0 fully saturated rings. The molecule has 0 saturated carbocycles. The highest BCUT2D eigenvalue weighted by molar-refractivity contribution is 6.12. The summed E-state index contributed by atoms with van der Waals surface area (Å²) in [6.45, 7) is 10.6. The summed E-state index contributed by atoms with van der Waals surface area (Å²) in [5.41, 5.74) is 2.65. The van der Waals surface area contributed by atoms with E-state index in [9.17, 15) is 20.0 Å². The molecule has 2 aromatic heterocycles. The minimum Gasteiger partial charge on any atom is -0.494 e. The van der Waals surface area contributed by atoms with Crippen LogP contribution in [0, 0.1) is 39.0 Å². The van der Waals surface area contributed by atoms with Crippen molar-refractivity contribution in [1.82, 2.24) is 4.57 Å². The average molecular weight is 378 g/mol. The number of carbonyl (C=O) groups is 1. The molecule has 144 valence electrons. The molecular weight excluding hydrogens is 356 g/mol. The van der Waals surface area contributed by atoms with Gasteiger partial charge in [-0.15, -0.1) is 0 Å². The van der Waals surface area contributed by atoms with Crippen molar-refractivity contribution in [3.8, 4) is 11.9 Å². The minimum absolute atomic E-state index is 0.0829. The molecule has 0 aliphatic carbocycles. The van der Waals surface area contributed by atoms with Gasteiger partial charge in [0.05, 0.1) is 5.56 Å². The quantitative estimate of drug-likeness (QED) is 0.689. The number of carbonyl (C=O) groups excluding carboxylic acids is 1. The maximum atomic E-state index is 13.3. The first-order valence-electron chi connectivity index (χ1n) is 9.03. The van der Waals surface area contributed by atoms with Gasteiger partial charge >= 0.3 is 0 Å². The van der Waals surface area contributed by atoms with E-state index in [2.05, 4.69) is 0 Å². The highest BCUT2D eigenvalue weighted by Gasteiger charge is 2.29. The molecular formula is C22H22N2O4. The Labute approximate surface area is 162 Å². The van der Waals surface area contributed by atoms with Crippen molar-refractivity contribution in [3.63, 3.8) is 0 Å². The number of aryl methyl sites for hydroxylation is 3. The summed E-state index contributed by atoms with van der Waals surface area (Å²) < 4.78 is 6.89. The fourth-order valence-electron chi connectivity index (χ4n) is 3.48. The first-order valence-corrected chi connectivity index (χ1v) is 9.03. The van der Waals surface area contributed by atoms with Gasteiger partial charge in [-0.2, -0.15) is 5.26 Å². The molecule has 0 unspecified atom stereocenters. The summed E-state index contributed by atoms with van der Waals surface area (Å²) in [5.74, 6) is -0.908. The van der Waals surface area contributed by atoms with Gasteiger partial charge in [0.2, 0.25) is 11.7 Å². The summed E-state index contributed by atoms with van der Waals surface area (Å²) in [7, 11) is 0. The zero-order valence-corrected chi connectivity index (χ0v) is 16.8. The van der Waals surface area contributed by atoms with E-state index in [1.54, 1.807) is 20.8 Å². The van der Waals surface area contributed by atoms with Gasteiger partial charge in [0.15, 0.2) is 5.76 Å². The van der Waals surface area contributed by atoms with Crippen LogP contribution in [0.5, 0.6) is 5.88 Å². The standard InChI is InChI=1S/C22H22N2O4/c1-10(2)24-21(26)16(9-23)13(5)18(22(24)27)19(25)20-14(6)15-7-11(3)12(4)8-17(15)28-20/h7-8,10,27H,1-6H3. The monoisotopic (exact) mass is 378 g/mol. The molecule has 28 heavy (non-hydrogen) atoms. The molecule has 0 bridgehead atoms.